The minimum atomic E-state index is 0.286. The lowest BCUT2D eigenvalue weighted by atomic mass is 10.3. The molecule has 0 unspecified atom stereocenters. The molecule has 0 N–H and O–H groups in total. The van der Waals surface area contributed by atoms with Crippen LogP contribution in [-0.2, 0) is 5.88 Å². The van der Waals surface area contributed by atoms with E-state index in [4.69, 9.17) is 39.2 Å². The molecule has 3 nitrogen and oxygen atoms in total. The molecular formula is C12H7Cl3N2O. The number of imidazole rings is 1. The van der Waals surface area contributed by atoms with Crippen molar-refractivity contribution in [3.05, 3.63) is 46.4 Å². The number of rotatable bonds is 2. The molecule has 0 aliphatic rings. The maximum absolute atomic E-state index is 6.12. The van der Waals surface area contributed by atoms with Gasteiger partial charge in [-0.2, -0.15) is 0 Å². The topological polar surface area (TPSA) is 30.4 Å². The number of hydrogen-bond donors (Lipinski definition) is 0. The van der Waals surface area contributed by atoms with E-state index in [1.807, 2.05) is 6.07 Å². The summed E-state index contributed by atoms with van der Waals surface area (Å²) in [5.74, 6) is 0.940. The number of hydrogen-bond acceptors (Lipinski definition) is 2. The molecule has 0 aliphatic heterocycles. The number of alkyl halides is 1. The average molecular weight is 302 g/mol. The van der Waals surface area contributed by atoms with Crippen LogP contribution < -0.4 is 0 Å². The molecule has 0 aromatic carbocycles. The van der Waals surface area contributed by atoms with Gasteiger partial charge in [-0.05, 0) is 18.2 Å². The summed E-state index contributed by atoms with van der Waals surface area (Å²) in [6.07, 6.45) is 3.33. The van der Waals surface area contributed by atoms with Crippen LogP contribution >= 0.6 is 34.8 Å². The van der Waals surface area contributed by atoms with Crippen molar-refractivity contribution in [3.8, 4) is 11.5 Å². The summed E-state index contributed by atoms with van der Waals surface area (Å²) in [5.41, 5.74) is 2.09. The monoisotopic (exact) mass is 300 g/mol. The van der Waals surface area contributed by atoms with Crippen LogP contribution in [0.3, 0.4) is 0 Å². The van der Waals surface area contributed by atoms with Crippen molar-refractivity contribution in [2.75, 3.05) is 0 Å². The van der Waals surface area contributed by atoms with Gasteiger partial charge in [-0.3, -0.25) is 4.40 Å². The van der Waals surface area contributed by atoms with E-state index in [1.165, 1.54) is 0 Å². The molecule has 0 atom stereocenters. The Morgan fingerprint density at radius 1 is 1.33 bits per heavy atom. The summed E-state index contributed by atoms with van der Waals surface area (Å²) in [7, 11) is 0. The molecule has 0 saturated carbocycles. The van der Waals surface area contributed by atoms with E-state index in [2.05, 4.69) is 4.98 Å². The molecule has 0 bridgehead atoms. The minimum absolute atomic E-state index is 0.286. The summed E-state index contributed by atoms with van der Waals surface area (Å²) < 4.78 is 7.14. The molecule has 0 saturated heterocycles. The van der Waals surface area contributed by atoms with Gasteiger partial charge < -0.3 is 4.42 Å². The second kappa shape index (κ2) is 4.50. The predicted octanol–water partition coefficient (Wildman–Crippen LogP) is 4.64. The van der Waals surface area contributed by atoms with Crippen molar-refractivity contribution >= 4 is 40.4 Å². The smallest absolute Gasteiger partial charge is 0.156 e. The lowest BCUT2D eigenvalue weighted by molar-refractivity contribution is 0.580. The number of fused-ring (bicyclic) bond motifs is 1. The molecule has 3 rings (SSSR count). The molecule has 0 radical (unpaired) electrons. The lowest BCUT2D eigenvalue weighted by Gasteiger charge is -2.01. The highest BCUT2D eigenvalue weighted by molar-refractivity contribution is 6.36. The van der Waals surface area contributed by atoms with Crippen LogP contribution in [0.25, 0.3) is 17.1 Å². The molecule has 92 valence electrons. The SMILES string of the molecule is ClCc1c(-c2ccco2)nc2c(Cl)cc(Cl)cn12. The van der Waals surface area contributed by atoms with Gasteiger partial charge in [0.2, 0.25) is 0 Å². The van der Waals surface area contributed by atoms with Crippen LogP contribution in [0, 0.1) is 0 Å². The molecule has 0 aliphatic carbocycles. The Labute approximate surface area is 118 Å². The Kier molecular flexibility index (Phi) is 2.98. The van der Waals surface area contributed by atoms with Crippen LogP contribution in [0.15, 0.2) is 35.1 Å². The fourth-order valence-electron chi connectivity index (χ4n) is 1.86. The van der Waals surface area contributed by atoms with Gasteiger partial charge in [0.05, 0.1) is 27.9 Å². The van der Waals surface area contributed by atoms with E-state index >= 15 is 0 Å². The van der Waals surface area contributed by atoms with E-state index in [-0.39, 0.29) is 5.88 Å². The fourth-order valence-corrected chi connectivity index (χ4v) is 2.63. The number of pyridine rings is 1. The second-order valence-corrected chi connectivity index (χ2v) is 4.83. The standard InChI is InChI=1S/C12H7Cl3N2O/c13-5-9-11(10-2-1-3-18-10)16-12-8(15)4-7(14)6-17(9)12/h1-4,6H,5H2. The molecule has 0 spiro atoms. The third-order valence-electron chi connectivity index (χ3n) is 2.62. The molecule has 18 heavy (non-hydrogen) atoms. The summed E-state index contributed by atoms with van der Waals surface area (Å²) in [6.45, 7) is 0. The van der Waals surface area contributed by atoms with Crippen molar-refractivity contribution in [1.29, 1.82) is 0 Å². The van der Waals surface area contributed by atoms with E-state index in [1.54, 1.807) is 29.0 Å². The zero-order valence-corrected chi connectivity index (χ0v) is 11.3. The average Bonchev–Trinajstić information content (AvgIpc) is 2.93. The largest absolute Gasteiger partial charge is 0.463 e. The van der Waals surface area contributed by atoms with Gasteiger partial charge in [0.25, 0.3) is 0 Å². The van der Waals surface area contributed by atoms with Crippen molar-refractivity contribution in [2.24, 2.45) is 0 Å². The summed E-state index contributed by atoms with van der Waals surface area (Å²) in [5, 5.41) is 1.01. The van der Waals surface area contributed by atoms with Crippen molar-refractivity contribution in [1.82, 2.24) is 9.38 Å². The Balaban J connectivity index is 2.37. The fraction of sp³-hybridized carbons (Fsp3) is 0.0833. The van der Waals surface area contributed by atoms with Gasteiger partial charge in [-0.1, -0.05) is 23.2 Å². The highest BCUT2D eigenvalue weighted by Gasteiger charge is 2.17. The van der Waals surface area contributed by atoms with Crippen LogP contribution in [0.2, 0.25) is 10.0 Å². The van der Waals surface area contributed by atoms with Gasteiger partial charge in [0, 0.05) is 6.20 Å². The Morgan fingerprint density at radius 2 is 2.17 bits per heavy atom. The highest BCUT2D eigenvalue weighted by Crippen LogP contribution is 2.30. The van der Waals surface area contributed by atoms with Crippen LogP contribution in [0.1, 0.15) is 5.69 Å². The third kappa shape index (κ3) is 1.79. The third-order valence-corrected chi connectivity index (χ3v) is 3.36. The van der Waals surface area contributed by atoms with Gasteiger partial charge in [0.1, 0.15) is 5.69 Å². The van der Waals surface area contributed by atoms with E-state index < -0.39 is 0 Å². The molecular weight excluding hydrogens is 295 g/mol. The lowest BCUT2D eigenvalue weighted by Crippen LogP contribution is -1.91. The zero-order valence-electron chi connectivity index (χ0n) is 9.03. The van der Waals surface area contributed by atoms with Crippen LogP contribution in [-0.4, -0.2) is 9.38 Å². The molecule has 0 fully saturated rings. The second-order valence-electron chi connectivity index (χ2n) is 3.72. The summed E-state index contributed by atoms with van der Waals surface area (Å²) >= 11 is 18.1. The number of halogens is 3. The predicted molar refractivity (Wildman–Crippen MR) is 72.5 cm³/mol. The van der Waals surface area contributed by atoms with Gasteiger partial charge in [-0.25, -0.2) is 4.98 Å². The molecule has 6 heteroatoms. The number of furan rings is 1. The van der Waals surface area contributed by atoms with E-state index in [9.17, 15) is 0 Å². The van der Waals surface area contributed by atoms with Crippen LogP contribution in [0.4, 0.5) is 0 Å². The molecule has 3 heterocycles. The normalized spacial score (nSPS) is 11.3. The Bertz CT molecular complexity index is 704. The highest BCUT2D eigenvalue weighted by atomic mass is 35.5. The summed E-state index contributed by atoms with van der Waals surface area (Å²) in [4.78, 5) is 4.46. The van der Waals surface area contributed by atoms with Gasteiger partial charge in [-0.15, -0.1) is 11.6 Å². The molecule has 3 aromatic heterocycles. The first-order valence-corrected chi connectivity index (χ1v) is 6.45. The zero-order chi connectivity index (χ0) is 12.7. The number of aromatic nitrogens is 2. The first-order valence-electron chi connectivity index (χ1n) is 5.16. The Morgan fingerprint density at radius 3 is 2.83 bits per heavy atom. The quantitative estimate of drug-likeness (QED) is 0.646. The van der Waals surface area contributed by atoms with Gasteiger partial charge in [0.15, 0.2) is 11.4 Å². The Hall–Kier alpha value is -1.16. The maximum atomic E-state index is 6.12. The van der Waals surface area contributed by atoms with Crippen molar-refractivity contribution in [2.45, 2.75) is 5.88 Å². The molecule has 3 aromatic rings. The van der Waals surface area contributed by atoms with E-state index in [0.29, 0.717) is 27.1 Å². The number of nitrogens with zero attached hydrogens (tertiary/aromatic N) is 2. The van der Waals surface area contributed by atoms with Gasteiger partial charge >= 0.3 is 0 Å². The summed E-state index contributed by atoms with van der Waals surface area (Å²) in [6, 6.07) is 5.27. The molecule has 0 amide bonds. The van der Waals surface area contributed by atoms with E-state index in [0.717, 1.165) is 5.69 Å². The minimum Gasteiger partial charge on any atom is -0.463 e. The maximum Gasteiger partial charge on any atom is 0.156 e. The van der Waals surface area contributed by atoms with Crippen LogP contribution in [0.5, 0.6) is 0 Å². The van der Waals surface area contributed by atoms with Crippen molar-refractivity contribution in [3.63, 3.8) is 0 Å². The first-order chi connectivity index (χ1) is 8.70. The first kappa shape index (κ1) is 11.9. The van der Waals surface area contributed by atoms with Crippen molar-refractivity contribution < 1.29 is 4.42 Å².